The highest BCUT2D eigenvalue weighted by Crippen LogP contribution is 2.29. The van der Waals surface area contributed by atoms with E-state index in [1.807, 2.05) is 13.8 Å². The van der Waals surface area contributed by atoms with Crippen molar-refractivity contribution in [1.29, 1.82) is 0 Å². The topological polar surface area (TPSA) is 87.6 Å². The lowest BCUT2D eigenvalue weighted by Gasteiger charge is -2.32. The lowest BCUT2D eigenvalue weighted by molar-refractivity contribution is -0.0720. The molecule has 1 aliphatic heterocycles. The Morgan fingerprint density at radius 3 is 2.53 bits per heavy atom. The number of rotatable bonds is 3. The molecule has 2 unspecified atom stereocenters. The molecule has 0 aliphatic carbocycles. The third-order valence-electron chi connectivity index (χ3n) is 3.28. The number of hydrogen-bond acceptors (Lipinski definition) is 4. The van der Waals surface area contributed by atoms with Gasteiger partial charge in [-0.15, -0.1) is 0 Å². The number of nitrogen functional groups attached to an aromatic ring is 1. The van der Waals surface area contributed by atoms with Crippen molar-refractivity contribution in [1.82, 2.24) is 0 Å². The van der Waals surface area contributed by atoms with Crippen LogP contribution in [0.15, 0.2) is 18.2 Å². The molecule has 0 radical (unpaired) electrons. The number of carbonyl (C=O) groups is 1. The number of nitrogens with two attached hydrogens (primary N) is 2. The fourth-order valence-electron chi connectivity index (χ4n) is 2.48. The molecule has 1 amide bonds. The standard InChI is InChI=1S/C14H20N2O3/c1-8-6-10(7-9(2)18-8)19-12-5-3-4-11(13(12)15)14(16)17/h3-5,8-10H,6-7,15H2,1-2H3,(H2,16,17). The van der Waals surface area contributed by atoms with Gasteiger partial charge in [-0.2, -0.15) is 0 Å². The van der Waals surface area contributed by atoms with Crippen LogP contribution in [0.1, 0.15) is 37.0 Å². The molecule has 1 aromatic rings. The molecule has 5 heteroatoms. The van der Waals surface area contributed by atoms with Crippen LogP contribution >= 0.6 is 0 Å². The molecule has 0 bridgehead atoms. The van der Waals surface area contributed by atoms with Gasteiger partial charge in [-0.1, -0.05) is 6.07 Å². The summed E-state index contributed by atoms with van der Waals surface area (Å²) in [6.45, 7) is 4.05. The Balaban J connectivity index is 2.15. The van der Waals surface area contributed by atoms with Gasteiger partial charge in [0.1, 0.15) is 11.9 Å². The molecular weight excluding hydrogens is 244 g/mol. The minimum atomic E-state index is -0.545. The molecule has 1 heterocycles. The van der Waals surface area contributed by atoms with Crippen LogP contribution in [0, 0.1) is 0 Å². The molecule has 2 rings (SSSR count). The largest absolute Gasteiger partial charge is 0.488 e. The van der Waals surface area contributed by atoms with Crippen LogP contribution in [-0.4, -0.2) is 24.2 Å². The van der Waals surface area contributed by atoms with E-state index in [4.69, 9.17) is 20.9 Å². The highest BCUT2D eigenvalue weighted by Gasteiger charge is 2.26. The number of hydrogen-bond donors (Lipinski definition) is 2. The molecule has 4 N–H and O–H groups in total. The van der Waals surface area contributed by atoms with Crippen molar-refractivity contribution in [2.75, 3.05) is 5.73 Å². The molecule has 1 aliphatic rings. The van der Waals surface area contributed by atoms with E-state index in [-0.39, 0.29) is 18.3 Å². The van der Waals surface area contributed by atoms with Gasteiger partial charge in [-0.25, -0.2) is 0 Å². The van der Waals surface area contributed by atoms with Crippen LogP contribution in [-0.2, 0) is 4.74 Å². The third kappa shape index (κ3) is 3.17. The van der Waals surface area contributed by atoms with Crippen LogP contribution in [0.5, 0.6) is 5.75 Å². The first kappa shape index (κ1) is 13.7. The molecule has 19 heavy (non-hydrogen) atoms. The van der Waals surface area contributed by atoms with E-state index in [2.05, 4.69) is 0 Å². The maximum absolute atomic E-state index is 11.2. The monoisotopic (exact) mass is 264 g/mol. The molecule has 0 spiro atoms. The van der Waals surface area contributed by atoms with E-state index in [0.717, 1.165) is 12.8 Å². The lowest BCUT2D eigenvalue weighted by Crippen LogP contribution is -2.35. The molecule has 5 nitrogen and oxygen atoms in total. The summed E-state index contributed by atoms with van der Waals surface area (Å²) in [4.78, 5) is 11.2. The second-order valence-corrected chi connectivity index (χ2v) is 5.05. The van der Waals surface area contributed by atoms with Gasteiger partial charge in [0, 0.05) is 12.8 Å². The smallest absolute Gasteiger partial charge is 0.250 e. The van der Waals surface area contributed by atoms with Crippen LogP contribution < -0.4 is 16.2 Å². The quantitative estimate of drug-likeness (QED) is 0.813. The predicted molar refractivity (Wildman–Crippen MR) is 73.0 cm³/mol. The van der Waals surface area contributed by atoms with Gasteiger partial charge in [0.15, 0.2) is 0 Å². The summed E-state index contributed by atoms with van der Waals surface area (Å²) in [7, 11) is 0. The van der Waals surface area contributed by atoms with Gasteiger partial charge >= 0.3 is 0 Å². The van der Waals surface area contributed by atoms with E-state index in [1.165, 1.54) is 0 Å². The zero-order valence-electron chi connectivity index (χ0n) is 11.3. The van der Waals surface area contributed by atoms with Crippen LogP contribution in [0.2, 0.25) is 0 Å². The van der Waals surface area contributed by atoms with Crippen LogP contribution in [0.4, 0.5) is 5.69 Å². The Labute approximate surface area is 112 Å². The number of para-hydroxylation sites is 1. The summed E-state index contributed by atoms with van der Waals surface area (Å²) in [6.07, 6.45) is 1.99. The van der Waals surface area contributed by atoms with E-state index < -0.39 is 5.91 Å². The van der Waals surface area contributed by atoms with E-state index in [1.54, 1.807) is 18.2 Å². The van der Waals surface area contributed by atoms with Crippen molar-refractivity contribution in [3.05, 3.63) is 23.8 Å². The zero-order chi connectivity index (χ0) is 14.0. The third-order valence-corrected chi connectivity index (χ3v) is 3.28. The summed E-state index contributed by atoms with van der Waals surface area (Å²) in [5.74, 6) is -0.0285. The Morgan fingerprint density at radius 1 is 1.32 bits per heavy atom. The van der Waals surface area contributed by atoms with Gasteiger partial charge in [0.05, 0.1) is 23.5 Å². The average Bonchev–Trinajstić information content (AvgIpc) is 2.30. The van der Waals surface area contributed by atoms with Crippen molar-refractivity contribution >= 4 is 11.6 Å². The Bertz CT molecular complexity index is 466. The van der Waals surface area contributed by atoms with Crippen molar-refractivity contribution in [2.24, 2.45) is 5.73 Å². The Hall–Kier alpha value is -1.75. The lowest BCUT2D eigenvalue weighted by atomic mass is 10.0. The van der Waals surface area contributed by atoms with E-state index in [0.29, 0.717) is 17.0 Å². The summed E-state index contributed by atoms with van der Waals surface area (Å²) in [6, 6.07) is 5.07. The molecule has 104 valence electrons. The van der Waals surface area contributed by atoms with Gasteiger partial charge in [0.2, 0.25) is 0 Å². The zero-order valence-corrected chi connectivity index (χ0v) is 11.3. The molecule has 1 aromatic carbocycles. The number of ether oxygens (including phenoxy) is 2. The predicted octanol–water partition coefficient (Wildman–Crippen LogP) is 1.70. The molecule has 0 aromatic heterocycles. The molecule has 1 fully saturated rings. The van der Waals surface area contributed by atoms with Gasteiger partial charge in [-0.3, -0.25) is 4.79 Å². The minimum Gasteiger partial charge on any atom is -0.488 e. The fourth-order valence-corrected chi connectivity index (χ4v) is 2.48. The van der Waals surface area contributed by atoms with Crippen molar-refractivity contribution in [3.63, 3.8) is 0 Å². The van der Waals surface area contributed by atoms with Crippen LogP contribution in [0.25, 0.3) is 0 Å². The SMILES string of the molecule is CC1CC(Oc2cccc(C(N)=O)c2N)CC(C)O1. The van der Waals surface area contributed by atoms with Crippen molar-refractivity contribution in [2.45, 2.75) is 45.0 Å². The maximum Gasteiger partial charge on any atom is 0.250 e. The summed E-state index contributed by atoms with van der Waals surface area (Å²) in [5.41, 5.74) is 11.8. The van der Waals surface area contributed by atoms with Crippen molar-refractivity contribution in [3.8, 4) is 5.75 Å². The number of anilines is 1. The molecular formula is C14H20N2O3. The minimum absolute atomic E-state index is 0.0455. The molecule has 0 saturated carbocycles. The highest BCUT2D eigenvalue weighted by molar-refractivity contribution is 5.99. The Kier molecular flexibility index (Phi) is 3.95. The average molecular weight is 264 g/mol. The first-order valence-corrected chi connectivity index (χ1v) is 6.47. The summed E-state index contributed by atoms with van der Waals surface area (Å²) >= 11 is 0. The number of primary amides is 1. The summed E-state index contributed by atoms with van der Waals surface area (Å²) < 4.78 is 11.6. The van der Waals surface area contributed by atoms with Gasteiger partial charge in [-0.05, 0) is 26.0 Å². The Morgan fingerprint density at radius 2 is 1.95 bits per heavy atom. The highest BCUT2D eigenvalue weighted by atomic mass is 16.5. The van der Waals surface area contributed by atoms with E-state index >= 15 is 0 Å². The first-order chi connectivity index (χ1) is 8.97. The normalized spacial score (nSPS) is 26.9. The maximum atomic E-state index is 11.2. The number of amides is 1. The second kappa shape index (κ2) is 5.48. The summed E-state index contributed by atoms with van der Waals surface area (Å²) in [5, 5.41) is 0. The number of benzene rings is 1. The van der Waals surface area contributed by atoms with Crippen LogP contribution in [0.3, 0.4) is 0 Å². The fraction of sp³-hybridized carbons (Fsp3) is 0.500. The number of carbonyl (C=O) groups excluding carboxylic acids is 1. The molecule has 2 atom stereocenters. The van der Waals surface area contributed by atoms with E-state index in [9.17, 15) is 4.79 Å². The molecule has 1 saturated heterocycles. The van der Waals surface area contributed by atoms with Crippen molar-refractivity contribution < 1.29 is 14.3 Å². The van der Waals surface area contributed by atoms with Gasteiger partial charge in [0.25, 0.3) is 5.91 Å². The second-order valence-electron chi connectivity index (χ2n) is 5.05. The first-order valence-electron chi connectivity index (χ1n) is 6.47. The van der Waals surface area contributed by atoms with Gasteiger partial charge < -0.3 is 20.9 Å².